The van der Waals surface area contributed by atoms with Crippen LogP contribution in [0.15, 0.2) is 5.38 Å². The van der Waals surface area contributed by atoms with Gasteiger partial charge in [0, 0.05) is 17.8 Å². The molecule has 0 bridgehead atoms. The van der Waals surface area contributed by atoms with E-state index in [1.807, 2.05) is 19.2 Å². The normalized spacial score (nSPS) is 13.3. The molecule has 1 aromatic rings. The second-order valence-electron chi connectivity index (χ2n) is 4.79. The van der Waals surface area contributed by atoms with Crippen molar-refractivity contribution in [1.82, 2.24) is 15.6 Å². The summed E-state index contributed by atoms with van der Waals surface area (Å²) in [5, 5.41) is 16.3. The third-order valence-corrected chi connectivity index (χ3v) is 3.77. The number of aromatic nitrogens is 1. The molecule has 120 valence electrons. The van der Waals surface area contributed by atoms with Crippen LogP contribution in [0, 0.1) is 0 Å². The van der Waals surface area contributed by atoms with E-state index in [4.69, 9.17) is 5.11 Å². The Morgan fingerprint density at radius 2 is 2.10 bits per heavy atom. The molecule has 0 aromatic carbocycles. The highest BCUT2D eigenvalue weighted by Gasteiger charge is 2.37. The Bertz CT molecular complexity index is 463. The van der Waals surface area contributed by atoms with Gasteiger partial charge in [0.15, 0.2) is 6.10 Å². The molecule has 2 amide bonds. The van der Waals surface area contributed by atoms with Crippen LogP contribution in [0.3, 0.4) is 0 Å². The third kappa shape index (κ3) is 6.30. The van der Waals surface area contributed by atoms with Crippen molar-refractivity contribution in [2.24, 2.45) is 0 Å². The zero-order valence-corrected chi connectivity index (χ0v) is 12.5. The molecular weight excluding hydrogens is 307 g/mol. The molecular formula is C12H18F3N3O2S. The number of halogens is 3. The van der Waals surface area contributed by atoms with Crippen molar-refractivity contribution in [1.29, 1.82) is 0 Å². The molecule has 0 unspecified atom stereocenters. The van der Waals surface area contributed by atoms with Gasteiger partial charge in [0.25, 0.3) is 0 Å². The number of alkyl halides is 3. The smallest absolute Gasteiger partial charge is 0.384 e. The predicted molar refractivity (Wildman–Crippen MR) is 73.1 cm³/mol. The Labute approximate surface area is 124 Å². The average molecular weight is 325 g/mol. The predicted octanol–water partition coefficient (Wildman–Crippen LogP) is 2.38. The molecule has 21 heavy (non-hydrogen) atoms. The van der Waals surface area contributed by atoms with Crippen LogP contribution in [0.5, 0.6) is 0 Å². The van der Waals surface area contributed by atoms with Gasteiger partial charge in [-0.1, -0.05) is 13.8 Å². The fourth-order valence-electron chi connectivity index (χ4n) is 1.39. The summed E-state index contributed by atoms with van der Waals surface area (Å²) in [4.78, 5) is 15.7. The van der Waals surface area contributed by atoms with E-state index in [9.17, 15) is 18.0 Å². The van der Waals surface area contributed by atoms with E-state index >= 15 is 0 Å². The van der Waals surface area contributed by atoms with Crippen molar-refractivity contribution in [3.63, 3.8) is 0 Å². The van der Waals surface area contributed by atoms with Crippen LogP contribution in [0.25, 0.3) is 0 Å². The van der Waals surface area contributed by atoms with Gasteiger partial charge in [-0.25, -0.2) is 9.78 Å². The lowest BCUT2D eigenvalue weighted by Gasteiger charge is -2.14. The molecule has 0 saturated heterocycles. The van der Waals surface area contributed by atoms with E-state index in [-0.39, 0.29) is 13.1 Å². The Morgan fingerprint density at radius 3 is 2.62 bits per heavy atom. The lowest BCUT2D eigenvalue weighted by Crippen LogP contribution is -2.38. The fourth-order valence-corrected chi connectivity index (χ4v) is 2.22. The van der Waals surface area contributed by atoms with Crippen molar-refractivity contribution in [3.8, 4) is 0 Å². The maximum absolute atomic E-state index is 12.0. The highest BCUT2D eigenvalue weighted by atomic mass is 32.1. The SMILES string of the molecule is CC(C)c1nc(CNC(=O)NCC[C@@H](O)C(F)(F)F)cs1. The molecule has 5 nitrogen and oxygen atoms in total. The van der Waals surface area contributed by atoms with Gasteiger partial charge in [-0.15, -0.1) is 11.3 Å². The molecule has 0 aliphatic rings. The number of aliphatic hydroxyl groups excluding tert-OH is 1. The standard InChI is InChI=1S/C12H18F3N3O2S/c1-7(2)10-18-8(6-21-10)5-17-11(20)16-4-3-9(19)12(13,14)15/h6-7,9,19H,3-5H2,1-2H3,(H2,16,17,20)/t9-/m1/s1. The van der Waals surface area contributed by atoms with Crippen LogP contribution in [-0.2, 0) is 6.54 Å². The van der Waals surface area contributed by atoms with Crippen molar-refractivity contribution in [3.05, 3.63) is 16.1 Å². The number of carbonyl (C=O) groups excluding carboxylic acids is 1. The molecule has 1 heterocycles. The van der Waals surface area contributed by atoms with Gasteiger partial charge in [0.2, 0.25) is 0 Å². The van der Waals surface area contributed by atoms with Crippen molar-refractivity contribution < 1.29 is 23.1 Å². The van der Waals surface area contributed by atoms with Gasteiger partial charge in [-0.3, -0.25) is 0 Å². The summed E-state index contributed by atoms with van der Waals surface area (Å²) in [6.45, 7) is 3.96. The van der Waals surface area contributed by atoms with Crippen molar-refractivity contribution >= 4 is 17.4 Å². The van der Waals surface area contributed by atoms with E-state index in [1.54, 1.807) is 0 Å². The second-order valence-corrected chi connectivity index (χ2v) is 5.68. The lowest BCUT2D eigenvalue weighted by atomic mass is 10.2. The molecule has 9 heteroatoms. The monoisotopic (exact) mass is 325 g/mol. The number of nitrogens with zero attached hydrogens (tertiary/aromatic N) is 1. The Hall–Kier alpha value is -1.35. The number of carbonyl (C=O) groups is 1. The minimum absolute atomic E-state index is 0.205. The first kappa shape index (κ1) is 17.7. The molecule has 0 saturated carbocycles. The van der Waals surface area contributed by atoms with E-state index < -0.39 is 24.7 Å². The summed E-state index contributed by atoms with van der Waals surface area (Å²) in [7, 11) is 0. The maximum Gasteiger partial charge on any atom is 0.414 e. The van der Waals surface area contributed by atoms with E-state index in [0.717, 1.165) is 5.01 Å². The molecule has 1 rings (SSSR count). The third-order valence-electron chi connectivity index (χ3n) is 2.57. The number of rotatable bonds is 6. The van der Waals surface area contributed by atoms with Crippen molar-refractivity contribution in [2.45, 2.75) is 45.0 Å². The molecule has 0 fully saturated rings. The summed E-state index contributed by atoms with van der Waals surface area (Å²) in [5.41, 5.74) is 0.703. The molecule has 1 atom stereocenters. The average Bonchev–Trinajstić information content (AvgIpc) is 2.84. The van der Waals surface area contributed by atoms with Gasteiger partial charge >= 0.3 is 12.2 Å². The van der Waals surface area contributed by atoms with Crippen LogP contribution in [0.1, 0.15) is 36.9 Å². The van der Waals surface area contributed by atoms with Crippen LogP contribution >= 0.6 is 11.3 Å². The van der Waals surface area contributed by atoms with Crippen LogP contribution in [0.4, 0.5) is 18.0 Å². The molecule has 0 spiro atoms. The van der Waals surface area contributed by atoms with Crippen molar-refractivity contribution in [2.75, 3.05) is 6.54 Å². The molecule has 0 radical (unpaired) electrons. The number of hydrogen-bond donors (Lipinski definition) is 3. The van der Waals surface area contributed by atoms with Crippen LogP contribution < -0.4 is 10.6 Å². The molecule has 1 aromatic heterocycles. The van der Waals surface area contributed by atoms with E-state index in [1.165, 1.54) is 11.3 Å². The van der Waals surface area contributed by atoms with E-state index in [0.29, 0.717) is 11.6 Å². The molecule has 3 N–H and O–H groups in total. The summed E-state index contributed by atoms with van der Waals surface area (Å²) < 4.78 is 36.1. The number of nitrogens with one attached hydrogen (secondary N) is 2. The Morgan fingerprint density at radius 1 is 1.43 bits per heavy atom. The maximum atomic E-state index is 12.0. The first-order chi connectivity index (χ1) is 9.70. The van der Waals surface area contributed by atoms with Gasteiger partial charge in [0.1, 0.15) is 0 Å². The Balaban J connectivity index is 2.25. The first-order valence-corrected chi connectivity index (χ1v) is 7.29. The van der Waals surface area contributed by atoms with Crippen LogP contribution in [0.2, 0.25) is 0 Å². The minimum Gasteiger partial charge on any atom is -0.384 e. The zero-order valence-electron chi connectivity index (χ0n) is 11.7. The topological polar surface area (TPSA) is 74.2 Å². The highest BCUT2D eigenvalue weighted by Crippen LogP contribution is 2.21. The molecule has 0 aliphatic carbocycles. The fraction of sp³-hybridized carbons (Fsp3) is 0.667. The number of aliphatic hydroxyl groups is 1. The zero-order chi connectivity index (χ0) is 16.0. The summed E-state index contributed by atoms with van der Waals surface area (Å²) >= 11 is 1.49. The number of amides is 2. The summed E-state index contributed by atoms with van der Waals surface area (Å²) in [6, 6.07) is -0.594. The summed E-state index contributed by atoms with van der Waals surface area (Å²) in [5.74, 6) is 0.307. The minimum atomic E-state index is -4.66. The Kier molecular flexibility index (Phi) is 6.41. The van der Waals surface area contributed by atoms with Crippen LogP contribution in [-0.4, -0.2) is 34.9 Å². The lowest BCUT2D eigenvalue weighted by molar-refractivity contribution is -0.204. The van der Waals surface area contributed by atoms with Gasteiger partial charge in [-0.05, 0) is 6.42 Å². The van der Waals surface area contributed by atoms with Gasteiger partial charge in [-0.2, -0.15) is 13.2 Å². The van der Waals surface area contributed by atoms with Gasteiger partial charge < -0.3 is 15.7 Å². The largest absolute Gasteiger partial charge is 0.414 e. The number of thiazole rings is 1. The first-order valence-electron chi connectivity index (χ1n) is 6.41. The summed E-state index contributed by atoms with van der Waals surface area (Å²) in [6.07, 6.45) is -7.66. The molecule has 0 aliphatic heterocycles. The quantitative estimate of drug-likeness (QED) is 0.752. The number of hydrogen-bond acceptors (Lipinski definition) is 4. The van der Waals surface area contributed by atoms with E-state index in [2.05, 4.69) is 15.6 Å². The second kappa shape index (κ2) is 7.60. The highest BCUT2D eigenvalue weighted by molar-refractivity contribution is 7.09. The number of urea groups is 1. The van der Waals surface area contributed by atoms with Gasteiger partial charge in [0.05, 0.1) is 17.2 Å².